The highest BCUT2D eigenvalue weighted by Gasteiger charge is 2.14. The normalized spacial score (nSPS) is 10.5. The molecule has 0 aromatic carbocycles. The van der Waals surface area contributed by atoms with Crippen LogP contribution in [0.5, 0.6) is 0 Å². The monoisotopic (exact) mass is 207 g/mol. The molecule has 0 fully saturated rings. The molecule has 78 valence electrons. The number of carbonyl (C=O) groups excluding carboxylic acids is 1. The van der Waals surface area contributed by atoms with Gasteiger partial charge in [0.05, 0.1) is 18.7 Å². The zero-order valence-electron chi connectivity index (χ0n) is 8.26. The number of fused-ring (bicyclic) bond motifs is 1. The third-order valence-electron chi connectivity index (χ3n) is 1.92. The van der Waals surface area contributed by atoms with Crippen LogP contribution in [0.1, 0.15) is 5.82 Å². The second-order valence-corrected chi connectivity index (χ2v) is 2.92. The summed E-state index contributed by atoms with van der Waals surface area (Å²) in [6, 6.07) is 0. The van der Waals surface area contributed by atoms with Crippen molar-refractivity contribution >= 4 is 22.9 Å². The Morgan fingerprint density at radius 1 is 1.53 bits per heavy atom. The van der Waals surface area contributed by atoms with Crippen molar-refractivity contribution in [3.05, 3.63) is 12.0 Å². The third kappa shape index (κ3) is 1.37. The number of methoxy groups -OCH3 is 1. The summed E-state index contributed by atoms with van der Waals surface area (Å²) in [7, 11) is 1.27. The van der Waals surface area contributed by atoms with Gasteiger partial charge in [0, 0.05) is 0 Å². The Morgan fingerprint density at radius 3 is 2.93 bits per heavy atom. The Bertz CT molecular complexity index is 533. The lowest BCUT2D eigenvalue weighted by Crippen LogP contribution is -2.13. The van der Waals surface area contributed by atoms with Crippen LogP contribution >= 0.6 is 0 Å². The molecule has 2 aromatic heterocycles. The van der Waals surface area contributed by atoms with E-state index in [9.17, 15) is 4.79 Å². The van der Waals surface area contributed by atoms with Crippen LogP contribution in [-0.4, -0.2) is 33.0 Å². The van der Waals surface area contributed by atoms with Crippen LogP contribution in [0.15, 0.2) is 6.20 Å². The lowest BCUT2D eigenvalue weighted by atomic mass is 10.4. The number of hydrogen-bond donors (Lipinski definition) is 1. The van der Waals surface area contributed by atoms with Crippen LogP contribution in [0.25, 0.3) is 11.0 Å². The van der Waals surface area contributed by atoms with Crippen molar-refractivity contribution in [2.24, 2.45) is 0 Å². The minimum absolute atomic E-state index is 0.299. The van der Waals surface area contributed by atoms with Crippen LogP contribution in [0.2, 0.25) is 0 Å². The Balaban J connectivity index is 2.74. The van der Waals surface area contributed by atoms with E-state index < -0.39 is 6.09 Å². The molecule has 0 saturated heterocycles. The molecule has 15 heavy (non-hydrogen) atoms. The molecule has 0 spiro atoms. The Kier molecular flexibility index (Phi) is 2.00. The number of nitrogens with two attached hydrogens (primary N) is 1. The highest BCUT2D eigenvalue weighted by molar-refractivity contribution is 5.90. The van der Waals surface area contributed by atoms with Gasteiger partial charge < -0.3 is 10.5 Å². The lowest BCUT2D eigenvalue weighted by molar-refractivity contribution is 0.170. The summed E-state index contributed by atoms with van der Waals surface area (Å²) in [4.78, 5) is 19.3. The molecule has 0 aliphatic carbocycles. The number of anilines is 1. The van der Waals surface area contributed by atoms with Gasteiger partial charge in [-0.25, -0.2) is 14.8 Å². The fraction of sp³-hybridized carbons (Fsp3) is 0.250. The van der Waals surface area contributed by atoms with E-state index in [2.05, 4.69) is 19.8 Å². The summed E-state index contributed by atoms with van der Waals surface area (Å²) in [6.45, 7) is 1.68. The molecule has 2 rings (SSSR count). The van der Waals surface area contributed by atoms with Crippen LogP contribution in [0, 0.1) is 6.92 Å². The second-order valence-electron chi connectivity index (χ2n) is 2.92. The van der Waals surface area contributed by atoms with Crippen molar-refractivity contribution in [1.29, 1.82) is 0 Å². The van der Waals surface area contributed by atoms with Crippen LogP contribution in [-0.2, 0) is 4.74 Å². The summed E-state index contributed by atoms with van der Waals surface area (Å²) in [5, 5.41) is 4.36. The standard InChI is InChI=1S/C8H9N5O2/c1-4-11-6(9)5-3-10-13(7(5)12-4)8(14)15-2/h3H,1-2H3,(H2,9,11,12). The number of rotatable bonds is 0. The van der Waals surface area contributed by atoms with Crippen molar-refractivity contribution in [3.8, 4) is 0 Å². The van der Waals surface area contributed by atoms with Gasteiger partial charge in [-0.1, -0.05) is 0 Å². The first-order chi connectivity index (χ1) is 7.13. The maximum atomic E-state index is 11.3. The van der Waals surface area contributed by atoms with E-state index in [1.165, 1.54) is 13.3 Å². The van der Waals surface area contributed by atoms with Gasteiger partial charge in [0.2, 0.25) is 0 Å². The van der Waals surface area contributed by atoms with Crippen molar-refractivity contribution in [2.45, 2.75) is 6.92 Å². The maximum Gasteiger partial charge on any atom is 0.436 e. The summed E-state index contributed by atoms with van der Waals surface area (Å²) in [5.74, 6) is 0.776. The fourth-order valence-corrected chi connectivity index (χ4v) is 1.26. The molecule has 2 aromatic rings. The molecule has 0 amide bonds. The number of ether oxygens (including phenoxy) is 1. The average Bonchev–Trinajstić information content (AvgIpc) is 2.60. The first-order valence-electron chi connectivity index (χ1n) is 4.19. The van der Waals surface area contributed by atoms with E-state index in [1.807, 2.05) is 0 Å². The Hall–Kier alpha value is -2.18. The van der Waals surface area contributed by atoms with Crippen LogP contribution in [0.4, 0.5) is 10.6 Å². The molecular formula is C8H9N5O2. The topological polar surface area (TPSA) is 95.9 Å². The van der Waals surface area contributed by atoms with Gasteiger partial charge in [-0.15, -0.1) is 4.68 Å². The SMILES string of the molecule is COC(=O)n1ncc2c(N)nc(C)nc21. The molecule has 0 unspecified atom stereocenters. The largest absolute Gasteiger partial charge is 0.451 e. The van der Waals surface area contributed by atoms with Gasteiger partial charge in [-0.05, 0) is 6.92 Å². The molecule has 2 N–H and O–H groups in total. The number of hydrogen-bond acceptors (Lipinski definition) is 6. The van der Waals surface area contributed by atoms with E-state index in [1.54, 1.807) is 6.92 Å². The van der Waals surface area contributed by atoms with Gasteiger partial charge in [0.1, 0.15) is 11.6 Å². The first-order valence-corrected chi connectivity index (χ1v) is 4.19. The van der Waals surface area contributed by atoms with Gasteiger partial charge in [0.15, 0.2) is 5.65 Å². The quantitative estimate of drug-likeness (QED) is 0.668. The maximum absolute atomic E-state index is 11.3. The molecule has 0 aliphatic rings. The predicted octanol–water partition coefficient (Wildman–Crippen LogP) is 0.331. The van der Waals surface area contributed by atoms with E-state index >= 15 is 0 Å². The van der Waals surface area contributed by atoms with E-state index in [0.717, 1.165) is 4.68 Å². The molecule has 0 radical (unpaired) electrons. The van der Waals surface area contributed by atoms with E-state index in [4.69, 9.17) is 5.73 Å². The minimum Gasteiger partial charge on any atom is -0.451 e. The first kappa shape index (κ1) is 9.38. The van der Waals surface area contributed by atoms with Crippen molar-refractivity contribution in [1.82, 2.24) is 19.7 Å². The lowest BCUT2D eigenvalue weighted by Gasteiger charge is -2.00. The number of aryl methyl sites for hydroxylation is 1. The van der Waals surface area contributed by atoms with Crippen molar-refractivity contribution in [2.75, 3.05) is 12.8 Å². The van der Waals surface area contributed by atoms with E-state index in [0.29, 0.717) is 22.7 Å². The smallest absolute Gasteiger partial charge is 0.436 e. The number of nitrogens with zero attached hydrogens (tertiary/aromatic N) is 4. The molecule has 0 aliphatic heterocycles. The molecular weight excluding hydrogens is 198 g/mol. The summed E-state index contributed by atoms with van der Waals surface area (Å²) >= 11 is 0. The minimum atomic E-state index is -0.609. The van der Waals surface area contributed by atoms with Gasteiger partial charge in [-0.2, -0.15) is 5.10 Å². The van der Waals surface area contributed by atoms with Gasteiger partial charge in [0.25, 0.3) is 0 Å². The van der Waals surface area contributed by atoms with Gasteiger partial charge in [-0.3, -0.25) is 0 Å². The molecule has 0 bridgehead atoms. The molecule has 7 nitrogen and oxygen atoms in total. The summed E-state index contributed by atoms with van der Waals surface area (Å²) in [6.07, 6.45) is 0.823. The van der Waals surface area contributed by atoms with Crippen molar-refractivity contribution in [3.63, 3.8) is 0 Å². The fourth-order valence-electron chi connectivity index (χ4n) is 1.26. The third-order valence-corrected chi connectivity index (χ3v) is 1.92. The molecule has 7 heteroatoms. The highest BCUT2D eigenvalue weighted by atomic mass is 16.5. The Morgan fingerprint density at radius 2 is 2.27 bits per heavy atom. The van der Waals surface area contributed by atoms with Gasteiger partial charge >= 0.3 is 6.09 Å². The zero-order valence-corrected chi connectivity index (χ0v) is 8.26. The molecule has 0 atom stereocenters. The Labute approximate surface area is 84.9 Å². The van der Waals surface area contributed by atoms with Crippen molar-refractivity contribution < 1.29 is 9.53 Å². The average molecular weight is 207 g/mol. The summed E-state index contributed by atoms with van der Waals surface area (Å²) in [5.41, 5.74) is 6.01. The summed E-state index contributed by atoms with van der Waals surface area (Å²) < 4.78 is 5.58. The predicted molar refractivity (Wildman–Crippen MR) is 52.3 cm³/mol. The van der Waals surface area contributed by atoms with Crippen LogP contribution < -0.4 is 5.73 Å². The molecule has 0 saturated carbocycles. The number of nitrogen functional groups attached to an aromatic ring is 1. The number of carbonyl (C=O) groups is 1. The zero-order chi connectivity index (χ0) is 11.0. The second kappa shape index (κ2) is 3.19. The highest BCUT2D eigenvalue weighted by Crippen LogP contribution is 2.16. The number of aromatic nitrogens is 4. The van der Waals surface area contributed by atoms with Crippen LogP contribution in [0.3, 0.4) is 0 Å². The van der Waals surface area contributed by atoms with E-state index in [-0.39, 0.29) is 0 Å². The molecule has 2 heterocycles.